The van der Waals surface area contributed by atoms with Crippen molar-refractivity contribution in [3.05, 3.63) is 28.8 Å². The lowest BCUT2D eigenvalue weighted by molar-refractivity contribution is 0.416. The lowest BCUT2D eigenvalue weighted by Crippen LogP contribution is -2.21. The first kappa shape index (κ1) is 15.7. The summed E-state index contributed by atoms with van der Waals surface area (Å²) in [5.41, 5.74) is 4.20. The minimum atomic E-state index is -0.939. The molecule has 1 aromatic rings. The van der Waals surface area contributed by atoms with Gasteiger partial charge in [0.05, 0.1) is 4.90 Å². The first-order valence-electron chi connectivity index (χ1n) is 7.88. The van der Waals surface area contributed by atoms with Crippen LogP contribution in [0.1, 0.15) is 57.2 Å². The second-order valence-electron chi connectivity index (χ2n) is 6.04. The van der Waals surface area contributed by atoms with E-state index in [9.17, 15) is 4.21 Å². The maximum absolute atomic E-state index is 12.6. The molecule has 0 aliphatic carbocycles. The normalized spacial score (nSPS) is 18.8. The minimum absolute atomic E-state index is 0.728. The summed E-state index contributed by atoms with van der Waals surface area (Å²) < 4.78 is 14.7. The quantitative estimate of drug-likeness (QED) is 0.773. The van der Waals surface area contributed by atoms with Crippen molar-refractivity contribution >= 4 is 11.0 Å². The highest BCUT2D eigenvalue weighted by Crippen LogP contribution is 2.32. The topological polar surface area (TPSA) is 20.3 Å². The molecule has 0 fully saturated rings. The van der Waals surface area contributed by atoms with Gasteiger partial charge in [-0.1, -0.05) is 33.8 Å². The minimum Gasteiger partial charge on any atom is -0.237 e. The second-order valence-corrected chi connectivity index (χ2v) is 7.49. The Hall–Kier alpha value is -0.670. The molecular weight excluding hydrogens is 266 g/mol. The first-order chi connectivity index (χ1) is 9.58. The molecule has 0 bridgehead atoms. The summed E-state index contributed by atoms with van der Waals surface area (Å²) in [5.74, 6) is 0.728. The van der Waals surface area contributed by atoms with Gasteiger partial charge in [-0.3, -0.25) is 0 Å². The fourth-order valence-corrected chi connectivity index (χ4v) is 4.44. The van der Waals surface area contributed by atoms with Crippen LogP contribution in [0, 0.1) is 5.92 Å². The Morgan fingerprint density at radius 3 is 2.60 bits per heavy atom. The summed E-state index contributed by atoms with van der Waals surface area (Å²) in [7, 11) is -0.939. The van der Waals surface area contributed by atoms with E-state index in [4.69, 9.17) is 0 Å². The van der Waals surface area contributed by atoms with Crippen LogP contribution in [-0.4, -0.2) is 15.1 Å². The van der Waals surface area contributed by atoms with Crippen molar-refractivity contribution in [2.75, 3.05) is 6.54 Å². The highest BCUT2D eigenvalue weighted by molar-refractivity contribution is 7.83. The number of aryl methyl sites for hydroxylation is 1. The Labute approximate surface area is 126 Å². The monoisotopic (exact) mass is 293 g/mol. The van der Waals surface area contributed by atoms with Gasteiger partial charge < -0.3 is 0 Å². The van der Waals surface area contributed by atoms with Gasteiger partial charge in [0.1, 0.15) is 11.0 Å². The van der Waals surface area contributed by atoms with Gasteiger partial charge in [-0.25, -0.2) is 8.51 Å². The van der Waals surface area contributed by atoms with Crippen molar-refractivity contribution in [3.63, 3.8) is 0 Å². The smallest absolute Gasteiger partial charge is 0.128 e. The highest BCUT2D eigenvalue weighted by atomic mass is 32.2. The zero-order valence-electron chi connectivity index (χ0n) is 13.2. The first-order valence-corrected chi connectivity index (χ1v) is 8.99. The Balaban J connectivity index is 2.16. The third-order valence-electron chi connectivity index (χ3n) is 4.17. The molecule has 1 aliphatic heterocycles. The van der Waals surface area contributed by atoms with Crippen LogP contribution in [0.15, 0.2) is 17.0 Å². The molecular formula is C17H27NOS. The van der Waals surface area contributed by atoms with E-state index in [1.165, 1.54) is 23.1 Å². The molecule has 0 N–H and O–H groups in total. The number of hydrogen-bond donors (Lipinski definition) is 0. The maximum atomic E-state index is 12.6. The summed E-state index contributed by atoms with van der Waals surface area (Å²) in [5, 5.41) is 0. The van der Waals surface area contributed by atoms with Crippen LogP contribution in [0.25, 0.3) is 0 Å². The van der Waals surface area contributed by atoms with Crippen LogP contribution in [-0.2, 0) is 30.4 Å². The highest BCUT2D eigenvalue weighted by Gasteiger charge is 2.28. The third kappa shape index (κ3) is 3.15. The van der Waals surface area contributed by atoms with Gasteiger partial charge in [0.2, 0.25) is 0 Å². The lowest BCUT2D eigenvalue weighted by atomic mass is 9.97. The van der Waals surface area contributed by atoms with Crippen LogP contribution in [0.3, 0.4) is 0 Å². The van der Waals surface area contributed by atoms with E-state index in [0.29, 0.717) is 0 Å². The standard InChI is InChI=1S/C17H27NOS/c1-5-14-9-10-17-16(15(14)6-2)12-18(20(17)19)11-7-8-13(3)4/h9-10,13H,5-8,11-12H2,1-4H3. The number of benzene rings is 1. The molecule has 20 heavy (non-hydrogen) atoms. The number of fused-ring (bicyclic) bond motifs is 1. The largest absolute Gasteiger partial charge is 0.237 e. The number of nitrogens with zero attached hydrogens (tertiary/aromatic N) is 1. The summed E-state index contributed by atoms with van der Waals surface area (Å²) in [6, 6.07) is 4.26. The summed E-state index contributed by atoms with van der Waals surface area (Å²) >= 11 is 0. The molecule has 0 saturated heterocycles. The second kappa shape index (κ2) is 6.86. The van der Waals surface area contributed by atoms with E-state index in [0.717, 1.165) is 43.2 Å². The van der Waals surface area contributed by atoms with Gasteiger partial charge in [-0.15, -0.1) is 0 Å². The van der Waals surface area contributed by atoms with Gasteiger partial charge in [-0.05, 0) is 54.4 Å². The van der Waals surface area contributed by atoms with E-state index >= 15 is 0 Å². The SMILES string of the molecule is CCc1ccc2c(c1CC)CN(CCCC(C)C)S2=O. The molecule has 1 atom stereocenters. The molecule has 0 saturated carbocycles. The van der Waals surface area contributed by atoms with Gasteiger partial charge in [0.15, 0.2) is 0 Å². The molecule has 1 aliphatic rings. The number of hydrogen-bond acceptors (Lipinski definition) is 1. The van der Waals surface area contributed by atoms with E-state index in [1.807, 2.05) is 0 Å². The molecule has 1 heterocycles. The van der Waals surface area contributed by atoms with Crippen LogP contribution >= 0.6 is 0 Å². The molecule has 3 heteroatoms. The zero-order chi connectivity index (χ0) is 14.7. The zero-order valence-corrected chi connectivity index (χ0v) is 14.1. The summed E-state index contributed by atoms with van der Waals surface area (Å²) in [6.07, 6.45) is 4.46. The molecule has 0 spiro atoms. The lowest BCUT2D eigenvalue weighted by Gasteiger charge is -2.14. The van der Waals surface area contributed by atoms with Crippen LogP contribution in [0.4, 0.5) is 0 Å². The Bertz CT molecular complexity index is 496. The van der Waals surface area contributed by atoms with E-state index < -0.39 is 11.0 Å². The fraction of sp³-hybridized carbons (Fsp3) is 0.647. The molecule has 1 aromatic carbocycles. The number of rotatable bonds is 6. The third-order valence-corrected chi connectivity index (χ3v) is 5.71. The van der Waals surface area contributed by atoms with Gasteiger partial charge in [-0.2, -0.15) is 0 Å². The molecule has 2 nitrogen and oxygen atoms in total. The molecule has 1 unspecified atom stereocenters. The predicted molar refractivity (Wildman–Crippen MR) is 86.1 cm³/mol. The van der Waals surface area contributed by atoms with E-state index in [2.05, 4.69) is 44.1 Å². The van der Waals surface area contributed by atoms with E-state index in [-0.39, 0.29) is 0 Å². The maximum Gasteiger partial charge on any atom is 0.128 e. The summed E-state index contributed by atoms with van der Waals surface area (Å²) in [4.78, 5) is 1.06. The van der Waals surface area contributed by atoms with Crippen molar-refractivity contribution in [1.82, 2.24) is 4.31 Å². The van der Waals surface area contributed by atoms with Crippen molar-refractivity contribution < 1.29 is 4.21 Å². The van der Waals surface area contributed by atoms with Crippen molar-refractivity contribution in [1.29, 1.82) is 0 Å². The van der Waals surface area contributed by atoms with Crippen LogP contribution in [0.5, 0.6) is 0 Å². The average Bonchev–Trinajstić information content (AvgIpc) is 2.74. The average molecular weight is 293 g/mol. The molecule has 0 radical (unpaired) electrons. The van der Waals surface area contributed by atoms with Crippen molar-refractivity contribution in [2.24, 2.45) is 5.92 Å². The van der Waals surface area contributed by atoms with Crippen LogP contribution in [0.2, 0.25) is 0 Å². The fourth-order valence-electron chi connectivity index (χ4n) is 3.04. The van der Waals surface area contributed by atoms with Crippen molar-refractivity contribution in [3.8, 4) is 0 Å². The summed E-state index contributed by atoms with van der Waals surface area (Å²) in [6.45, 7) is 10.7. The van der Waals surface area contributed by atoms with Crippen molar-refractivity contribution in [2.45, 2.75) is 64.8 Å². The van der Waals surface area contributed by atoms with Gasteiger partial charge in [0, 0.05) is 13.1 Å². The molecule has 112 valence electrons. The molecule has 0 aromatic heterocycles. The van der Waals surface area contributed by atoms with Crippen LogP contribution < -0.4 is 0 Å². The van der Waals surface area contributed by atoms with Gasteiger partial charge in [0.25, 0.3) is 0 Å². The molecule has 2 rings (SSSR count). The Morgan fingerprint density at radius 2 is 2.00 bits per heavy atom. The Kier molecular flexibility index (Phi) is 5.39. The predicted octanol–water partition coefficient (Wildman–Crippen LogP) is 4.09. The van der Waals surface area contributed by atoms with Gasteiger partial charge >= 0.3 is 0 Å². The Morgan fingerprint density at radius 1 is 1.25 bits per heavy atom. The van der Waals surface area contributed by atoms with E-state index in [1.54, 1.807) is 0 Å². The molecule has 0 amide bonds.